The Morgan fingerprint density at radius 2 is 2.06 bits per heavy atom. The van der Waals surface area contributed by atoms with Crippen LogP contribution < -0.4 is 0 Å². The van der Waals surface area contributed by atoms with Gasteiger partial charge in [-0.15, -0.1) is 0 Å². The molecule has 0 aliphatic heterocycles. The van der Waals surface area contributed by atoms with Crippen LogP contribution in [0.4, 0.5) is 0 Å². The van der Waals surface area contributed by atoms with E-state index < -0.39 is 0 Å². The summed E-state index contributed by atoms with van der Waals surface area (Å²) in [4.78, 5) is 4.51. The van der Waals surface area contributed by atoms with Gasteiger partial charge in [-0.05, 0) is 24.3 Å². The largest absolute Gasteiger partial charge is 0.306 e. The van der Waals surface area contributed by atoms with Crippen molar-refractivity contribution in [3.05, 3.63) is 60.4 Å². The molecular weight excluding hydrogens is 210 g/mol. The maximum absolute atomic E-state index is 8.87. The number of imidazole rings is 1. The second-order valence-electron chi connectivity index (χ2n) is 3.78. The summed E-state index contributed by atoms with van der Waals surface area (Å²) in [5, 5.41) is 8.87. The summed E-state index contributed by atoms with van der Waals surface area (Å²) in [5.74, 6) is 0. The molecule has 0 atom stereocenters. The number of pyridine rings is 1. The molecule has 0 N–H and O–H groups in total. The first-order valence-corrected chi connectivity index (χ1v) is 5.31. The van der Waals surface area contributed by atoms with Gasteiger partial charge in [0.05, 0.1) is 17.3 Å². The normalized spacial score (nSPS) is 10.3. The third-order valence-electron chi connectivity index (χ3n) is 2.65. The number of aromatic nitrogens is 2. The zero-order valence-corrected chi connectivity index (χ0v) is 9.04. The molecule has 3 aromatic rings. The molecular formula is C14H9N3. The minimum atomic E-state index is 0.652. The average molecular weight is 219 g/mol. The van der Waals surface area contributed by atoms with Crippen molar-refractivity contribution in [2.24, 2.45) is 0 Å². The molecule has 0 radical (unpaired) electrons. The molecule has 0 spiro atoms. The standard InChI is InChI=1S/C14H9N3/c15-9-11-4-3-5-12(8-11)13-10-17-7-2-1-6-14(17)16-13/h1-8,10H. The molecule has 0 unspecified atom stereocenters. The van der Waals surface area contributed by atoms with Crippen LogP contribution in [0.5, 0.6) is 0 Å². The number of hydrogen-bond acceptors (Lipinski definition) is 2. The number of fused-ring (bicyclic) bond motifs is 1. The molecule has 0 fully saturated rings. The highest BCUT2D eigenvalue weighted by atomic mass is 15.0. The Balaban J connectivity index is 2.17. The lowest BCUT2D eigenvalue weighted by molar-refractivity contribution is 1.19. The van der Waals surface area contributed by atoms with Crippen molar-refractivity contribution >= 4 is 5.65 Å². The average Bonchev–Trinajstić information content (AvgIpc) is 2.82. The van der Waals surface area contributed by atoms with Crippen LogP contribution in [-0.4, -0.2) is 9.38 Å². The molecule has 2 aromatic heterocycles. The third kappa shape index (κ3) is 1.66. The van der Waals surface area contributed by atoms with Crippen molar-refractivity contribution in [3.8, 4) is 17.3 Å². The Kier molecular flexibility index (Phi) is 2.13. The highest BCUT2D eigenvalue weighted by Gasteiger charge is 2.04. The fraction of sp³-hybridized carbons (Fsp3) is 0. The number of nitrogens with zero attached hydrogens (tertiary/aromatic N) is 3. The van der Waals surface area contributed by atoms with Crippen molar-refractivity contribution in [3.63, 3.8) is 0 Å². The lowest BCUT2D eigenvalue weighted by atomic mass is 10.1. The van der Waals surface area contributed by atoms with E-state index in [-0.39, 0.29) is 0 Å². The van der Waals surface area contributed by atoms with E-state index in [1.807, 2.05) is 53.2 Å². The Labute approximate surface area is 98.6 Å². The first-order chi connectivity index (χ1) is 8.36. The van der Waals surface area contributed by atoms with Gasteiger partial charge in [0.25, 0.3) is 0 Å². The second-order valence-corrected chi connectivity index (χ2v) is 3.78. The van der Waals surface area contributed by atoms with Gasteiger partial charge in [0.1, 0.15) is 5.65 Å². The topological polar surface area (TPSA) is 41.1 Å². The van der Waals surface area contributed by atoms with Crippen LogP contribution in [0.15, 0.2) is 54.9 Å². The molecule has 3 heteroatoms. The maximum Gasteiger partial charge on any atom is 0.137 e. The number of nitriles is 1. The molecule has 2 heterocycles. The molecule has 3 rings (SSSR count). The smallest absolute Gasteiger partial charge is 0.137 e. The van der Waals surface area contributed by atoms with E-state index in [1.54, 1.807) is 6.07 Å². The molecule has 0 amide bonds. The van der Waals surface area contributed by atoms with E-state index in [1.165, 1.54) is 0 Å². The zero-order chi connectivity index (χ0) is 11.7. The van der Waals surface area contributed by atoms with Gasteiger partial charge in [-0.3, -0.25) is 0 Å². The number of rotatable bonds is 1. The molecule has 0 bridgehead atoms. The summed E-state index contributed by atoms with van der Waals surface area (Å²) < 4.78 is 1.97. The van der Waals surface area contributed by atoms with E-state index in [4.69, 9.17) is 5.26 Å². The van der Waals surface area contributed by atoms with E-state index in [0.29, 0.717) is 5.56 Å². The van der Waals surface area contributed by atoms with Gasteiger partial charge in [-0.25, -0.2) is 4.98 Å². The van der Waals surface area contributed by atoms with Crippen LogP contribution in [0.3, 0.4) is 0 Å². The third-order valence-corrected chi connectivity index (χ3v) is 2.65. The minimum absolute atomic E-state index is 0.652. The molecule has 1 aromatic carbocycles. The van der Waals surface area contributed by atoms with Crippen molar-refractivity contribution in [1.29, 1.82) is 5.26 Å². The lowest BCUT2D eigenvalue weighted by Gasteiger charge is -1.95. The fourth-order valence-electron chi connectivity index (χ4n) is 1.82. The van der Waals surface area contributed by atoms with Crippen molar-refractivity contribution < 1.29 is 0 Å². The van der Waals surface area contributed by atoms with Crippen LogP contribution in [0.2, 0.25) is 0 Å². The Morgan fingerprint density at radius 3 is 2.88 bits per heavy atom. The molecule has 17 heavy (non-hydrogen) atoms. The summed E-state index contributed by atoms with van der Waals surface area (Å²) in [5.41, 5.74) is 3.41. The SMILES string of the molecule is N#Cc1cccc(-c2cn3ccccc3n2)c1. The molecule has 0 aliphatic carbocycles. The van der Waals surface area contributed by atoms with Crippen LogP contribution in [0.1, 0.15) is 5.56 Å². The summed E-state index contributed by atoms with van der Waals surface area (Å²) >= 11 is 0. The first kappa shape index (κ1) is 9.61. The maximum atomic E-state index is 8.87. The van der Waals surface area contributed by atoms with Crippen LogP contribution in [0, 0.1) is 11.3 Å². The quantitative estimate of drug-likeness (QED) is 0.631. The highest BCUT2D eigenvalue weighted by Crippen LogP contribution is 2.19. The lowest BCUT2D eigenvalue weighted by Crippen LogP contribution is -1.79. The second kappa shape index (κ2) is 3.76. The van der Waals surface area contributed by atoms with Gasteiger partial charge in [-0.2, -0.15) is 5.26 Å². The molecule has 0 aliphatic rings. The van der Waals surface area contributed by atoms with Gasteiger partial charge in [0.2, 0.25) is 0 Å². The van der Waals surface area contributed by atoms with Crippen LogP contribution in [0.25, 0.3) is 16.9 Å². The molecule has 80 valence electrons. The van der Waals surface area contributed by atoms with Gasteiger partial charge in [0.15, 0.2) is 0 Å². The first-order valence-electron chi connectivity index (χ1n) is 5.31. The predicted molar refractivity (Wildman–Crippen MR) is 65.3 cm³/mol. The summed E-state index contributed by atoms with van der Waals surface area (Å²) in [6, 6.07) is 15.5. The van der Waals surface area contributed by atoms with Crippen molar-refractivity contribution in [2.45, 2.75) is 0 Å². The van der Waals surface area contributed by atoms with Gasteiger partial charge in [0, 0.05) is 18.0 Å². The number of benzene rings is 1. The Hall–Kier alpha value is -2.60. The monoisotopic (exact) mass is 219 g/mol. The Bertz CT molecular complexity index is 686. The summed E-state index contributed by atoms with van der Waals surface area (Å²) in [7, 11) is 0. The van der Waals surface area contributed by atoms with E-state index in [2.05, 4.69) is 11.1 Å². The zero-order valence-electron chi connectivity index (χ0n) is 9.04. The molecule has 0 saturated carbocycles. The van der Waals surface area contributed by atoms with E-state index in [0.717, 1.165) is 16.9 Å². The molecule has 3 nitrogen and oxygen atoms in total. The highest BCUT2D eigenvalue weighted by molar-refractivity contribution is 5.64. The minimum Gasteiger partial charge on any atom is -0.306 e. The van der Waals surface area contributed by atoms with E-state index >= 15 is 0 Å². The summed E-state index contributed by atoms with van der Waals surface area (Å²) in [6.45, 7) is 0. The van der Waals surface area contributed by atoms with Crippen molar-refractivity contribution in [1.82, 2.24) is 9.38 Å². The predicted octanol–water partition coefficient (Wildman–Crippen LogP) is 2.87. The Morgan fingerprint density at radius 1 is 1.12 bits per heavy atom. The van der Waals surface area contributed by atoms with Gasteiger partial charge in [-0.1, -0.05) is 18.2 Å². The van der Waals surface area contributed by atoms with Gasteiger partial charge < -0.3 is 4.40 Å². The summed E-state index contributed by atoms with van der Waals surface area (Å²) in [6.07, 6.45) is 3.92. The van der Waals surface area contributed by atoms with E-state index in [9.17, 15) is 0 Å². The molecule has 0 saturated heterocycles. The van der Waals surface area contributed by atoms with Gasteiger partial charge >= 0.3 is 0 Å². The van der Waals surface area contributed by atoms with Crippen molar-refractivity contribution in [2.75, 3.05) is 0 Å². The number of hydrogen-bond donors (Lipinski definition) is 0. The van der Waals surface area contributed by atoms with Crippen LogP contribution >= 0.6 is 0 Å². The fourth-order valence-corrected chi connectivity index (χ4v) is 1.82. The van der Waals surface area contributed by atoms with Crippen LogP contribution in [-0.2, 0) is 0 Å².